The molecule has 0 saturated carbocycles. The zero-order valence-electron chi connectivity index (χ0n) is 28.3. The summed E-state index contributed by atoms with van der Waals surface area (Å²) in [6, 6.07) is 32.1. The van der Waals surface area contributed by atoms with Crippen LogP contribution in [-0.4, -0.2) is 34.2 Å². The summed E-state index contributed by atoms with van der Waals surface area (Å²) in [7, 11) is -2.64. The van der Waals surface area contributed by atoms with E-state index in [1.54, 1.807) is 0 Å². The van der Waals surface area contributed by atoms with Crippen LogP contribution < -0.4 is 10.4 Å². The fraction of sp³-hybridized carbons (Fsp3) is 0.550. The third-order valence-corrected chi connectivity index (χ3v) is 13.7. The topological polar surface area (TPSA) is 27.7 Å². The molecule has 1 atom stereocenters. The van der Waals surface area contributed by atoms with Crippen LogP contribution in [0, 0.1) is 0 Å². The smallest absolute Gasteiger partial charge is 0.100 e. The Bertz CT molecular complexity index is 1060. The largest absolute Gasteiger partial charge is 0.556 e. The summed E-state index contributed by atoms with van der Waals surface area (Å²) in [4.78, 5) is 0. The number of hydrogen-bond acceptors (Lipinski definition) is 3. The van der Waals surface area contributed by atoms with Gasteiger partial charge in [0.25, 0.3) is 0 Å². The highest BCUT2D eigenvalue weighted by molar-refractivity contribution is 6.99. The highest BCUT2D eigenvalue weighted by Gasteiger charge is 2.37. The van der Waals surface area contributed by atoms with E-state index in [1.807, 2.05) is 6.07 Å². The lowest BCUT2D eigenvalue weighted by molar-refractivity contribution is -0.0441. The van der Waals surface area contributed by atoms with Crippen LogP contribution in [0.3, 0.4) is 0 Å². The van der Waals surface area contributed by atoms with E-state index in [9.17, 15) is 0 Å². The van der Waals surface area contributed by atoms with E-state index in [0.29, 0.717) is 19.8 Å². The van der Waals surface area contributed by atoms with Gasteiger partial charge in [0.15, 0.2) is 0 Å². The maximum Gasteiger partial charge on any atom is 0.100 e. The summed E-state index contributed by atoms with van der Waals surface area (Å²) >= 11 is 0. The molecule has 3 aromatic carbocycles. The summed E-state index contributed by atoms with van der Waals surface area (Å²) in [5.41, 5.74) is 1.18. The fourth-order valence-corrected chi connectivity index (χ4v) is 10.8. The van der Waals surface area contributed by atoms with E-state index in [4.69, 9.17) is 13.9 Å². The molecule has 0 aromatic heterocycles. The van der Waals surface area contributed by atoms with Crippen LogP contribution in [0.25, 0.3) is 0 Å². The van der Waals surface area contributed by atoms with Crippen molar-refractivity contribution < 1.29 is 13.9 Å². The number of hydrogen-bond donors (Lipinski definition) is 0. The van der Waals surface area contributed by atoms with E-state index >= 15 is 0 Å². The fourth-order valence-electron chi connectivity index (χ4n) is 6.20. The van der Waals surface area contributed by atoms with Crippen molar-refractivity contribution in [3.63, 3.8) is 0 Å². The molecule has 243 valence electrons. The van der Waals surface area contributed by atoms with Crippen LogP contribution in [0.15, 0.2) is 91.0 Å². The molecule has 0 fully saturated rings. The number of benzene rings is 3. The Kier molecular flexibility index (Phi) is 17.1. The molecule has 44 heavy (non-hydrogen) atoms. The van der Waals surface area contributed by atoms with Crippen molar-refractivity contribution in [2.24, 2.45) is 0 Å². The Labute approximate surface area is 270 Å². The van der Waals surface area contributed by atoms with Crippen molar-refractivity contribution in [3.8, 4) is 0 Å². The van der Waals surface area contributed by atoms with Gasteiger partial charge < -0.3 is 13.9 Å². The molecule has 0 aliphatic heterocycles. The second-order valence-corrected chi connectivity index (χ2v) is 17.7. The predicted molar refractivity (Wildman–Crippen MR) is 190 cm³/mol. The van der Waals surface area contributed by atoms with Crippen LogP contribution in [0.5, 0.6) is 0 Å². The molecule has 3 rings (SSSR count). The van der Waals surface area contributed by atoms with Gasteiger partial charge in [-0.1, -0.05) is 189 Å². The van der Waals surface area contributed by atoms with Crippen LogP contribution in [-0.2, 0) is 20.5 Å². The third-order valence-electron chi connectivity index (χ3n) is 8.67. The van der Waals surface area contributed by atoms with E-state index in [2.05, 4.69) is 113 Å². The van der Waals surface area contributed by atoms with Gasteiger partial charge in [0.1, 0.15) is 6.10 Å². The maximum absolute atomic E-state index is 7.23. The average Bonchev–Trinajstić information content (AvgIpc) is 3.04. The van der Waals surface area contributed by atoms with Gasteiger partial charge in [-0.25, -0.2) is 0 Å². The quantitative estimate of drug-likeness (QED) is 0.0784. The first-order valence-corrected chi connectivity index (χ1v) is 19.4. The standard InChI is InChI=1S/C40H60O3Si/c1-5-6-7-8-9-10-11-12-13-14-15-25-32-42-37(34-41-33-36-26-19-16-20-27-36)35-43-44(40(2,3)4,38-28-21-17-22-29-38)39-30-23-18-24-31-39/h16-24,26-31,37H,5-15,25,32-35H2,1-4H3/q-1/t37-/m1/s1. The minimum atomic E-state index is -2.64. The Morgan fingerprint density at radius 2 is 1.02 bits per heavy atom. The summed E-state index contributed by atoms with van der Waals surface area (Å²) in [6.45, 7) is 11.6. The highest BCUT2D eigenvalue weighted by Crippen LogP contribution is 2.37. The molecule has 0 aliphatic rings. The van der Waals surface area contributed by atoms with Crippen molar-refractivity contribution in [3.05, 3.63) is 96.6 Å². The predicted octanol–water partition coefficient (Wildman–Crippen LogP) is 9.87. The van der Waals surface area contributed by atoms with Crippen LogP contribution >= 0.6 is 0 Å². The molecule has 0 bridgehead atoms. The summed E-state index contributed by atoms with van der Waals surface area (Å²) < 4.78 is 20.0. The lowest BCUT2D eigenvalue weighted by atomic mass is 10.1. The summed E-state index contributed by atoms with van der Waals surface area (Å²) in [5.74, 6) is 0. The van der Waals surface area contributed by atoms with Gasteiger partial charge >= 0.3 is 0 Å². The second-order valence-electron chi connectivity index (χ2n) is 13.4. The van der Waals surface area contributed by atoms with Crippen molar-refractivity contribution in [2.75, 3.05) is 19.8 Å². The molecule has 0 spiro atoms. The monoisotopic (exact) mass is 616 g/mol. The second kappa shape index (κ2) is 20.7. The van der Waals surface area contributed by atoms with Crippen molar-refractivity contribution in [1.29, 1.82) is 0 Å². The van der Waals surface area contributed by atoms with Crippen LogP contribution in [0.2, 0.25) is 5.04 Å². The van der Waals surface area contributed by atoms with Gasteiger partial charge in [-0.05, 0) is 12.0 Å². The van der Waals surface area contributed by atoms with Crippen LogP contribution in [0.1, 0.15) is 110 Å². The van der Waals surface area contributed by atoms with Crippen molar-refractivity contribution >= 4 is 18.7 Å². The van der Waals surface area contributed by atoms with Crippen molar-refractivity contribution in [2.45, 2.75) is 122 Å². The molecule has 0 saturated heterocycles. The van der Waals surface area contributed by atoms with Crippen molar-refractivity contribution in [1.82, 2.24) is 0 Å². The normalized spacial score (nSPS) is 12.8. The highest BCUT2D eigenvalue weighted by atomic mass is 28.4. The molecular weight excluding hydrogens is 557 g/mol. The van der Waals surface area contributed by atoms with E-state index in [1.165, 1.54) is 86.6 Å². The molecule has 0 aliphatic carbocycles. The van der Waals surface area contributed by atoms with Gasteiger partial charge in [-0.15, -0.1) is 5.04 Å². The van der Waals surface area contributed by atoms with Gasteiger partial charge in [-0.2, -0.15) is 10.4 Å². The summed E-state index contributed by atoms with van der Waals surface area (Å²) in [5, 5.41) is 2.52. The third kappa shape index (κ3) is 12.3. The van der Waals surface area contributed by atoms with E-state index in [0.717, 1.165) is 13.0 Å². The molecule has 0 amide bonds. The molecular formula is C40H60O3Si-. The number of rotatable bonds is 23. The van der Waals surface area contributed by atoms with Gasteiger partial charge in [0.2, 0.25) is 0 Å². The number of unbranched alkanes of at least 4 members (excludes halogenated alkanes) is 11. The van der Waals surface area contributed by atoms with Gasteiger partial charge in [0, 0.05) is 13.2 Å². The Hall–Kier alpha value is -2.24. The first-order valence-electron chi connectivity index (χ1n) is 17.5. The zero-order chi connectivity index (χ0) is 31.4. The zero-order valence-corrected chi connectivity index (χ0v) is 29.3. The van der Waals surface area contributed by atoms with Gasteiger partial charge in [-0.3, -0.25) is 0 Å². The first kappa shape index (κ1) is 36.2. The molecule has 3 nitrogen and oxygen atoms in total. The molecule has 0 unspecified atom stereocenters. The van der Waals surface area contributed by atoms with Crippen LogP contribution in [0.4, 0.5) is 0 Å². The van der Waals surface area contributed by atoms with E-state index in [-0.39, 0.29) is 11.1 Å². The minimum Gasteiger partial charge on any atom is -0.556 e. The summed E-state index contributed by atoms with van der Waals surface area (Å²) in [6.07, 6.45) is 16.0. The average molecular weight is 617 g/mol. The Morgan fingerprint density at radius 1 is 0.568 bits per heavy atom. The van der Waals surface area contributed by atoms with Gasteiger partial charge in [0.05, 0.1) is 21.5 Å². The molecule has 3 aromatic rings. The first-order chi connectivity index (χ1) is 21.5. The Morgan fingerprint density at radius 3 is 1.50 bits per heavy atom. The molecule has 0 heterocycles. The molecule has 0 radical (unpaired) electrons. The lowest BCUT2D eigenvalue weighted by Crippen LogP contribution is -2.67. The minimum absolute atomic E-state index is 0.0688. The lowest BCUT2D eigenvalue weighted by Gasteiger charge is -2.56. The number of ether oxygens (including phenoxy) is 2. The Balaban J connectivity index is 1.57. The maximum atomic E-state index is 7.23. The SMILES string of the molecule is CCCCCCCCCCCCCCO[C@H](COCc1ccccc1)CO[Si-](c1ccccc1)(c1ccccc1)C(C)(C)C. The molecule has 4 heteroatoms. The van der Waals surface area contributed by atoms with E-state index < -0.39 is 8.32 Å². The molecule has 0 N–H and O–H groups in total.